The van der Waals surface area contributed by atoms with Gasteiger partial charge in [-0.05, 0) is 60.6 Å². The molecule has 1 aromatic rings. The van der Waals surface area contributed by atoms with Crippen LogP contribution in [-0.2, 0) is 10.0 Å². The van der Waals surface area contributed by atoms with E-state index in [9.17, 15) is 8.42 Å². The molecule has 29 heavy (non-hydrogen) atoms. The lowest BCUT2D eigenvalue weighted by atomic mass is 10.00. The molecule has 0 aliphatic rings. The van der Waals surface area contributed by atoms with E-state index in [0.29, 0.717) is 11.4 Å². The number of nitrogens with zero attached hydrogens (tertiary/aromatic N) is 3. The molecule has 0 amide bonds. The summed E-state index contributed by atoms with van der Waals surface area (Å²) in [6, 6.07) is 6.61. The largest absolute Gasteiger partial charge is 0.411 e. The highest BCUT2D eigenvalue weighted by Crippen LogP contribution is 2.17. The highest BCUT2D eigenvalue weighted by molar-refractivity contribution is 7.89. The zero-order valence-electron chi connectivity index (χ0n) is 18.2. The van der Waals surface area contributed by atoms with Gasteiger partial charge in [0.15, 0.2) is 0 Å². The summed E-state index contributed by atoms with van der Waals surface area (Å²) in [4.78, 5) is 0.169. The molecule has 0 fully saturated rings. The highest BCUT2D eigenvalue weighted by atomic mass is 32.2. The molecule has 0 radical (unpaired) electrons. The molecule has 0 aliphatic carbocycles. The predicted molar refractivity (Wildman–Crippen MR) is 114 cm³/mol. The summed E-state index contributed by atoms with van der Waals surface area (Å²) in [6.45, 7) is 12.3. The summed E-state index contributed by atoms with van der Waals surface area (Å²) in [5, 5.41) is 30.8. The number of oxime groups is 2. The molecule has 0 spiro atoms. The van der Waals surface area contributed by atoms with Crippen molar-refractivity contribution in [2.24, 2.45) is 10.3 Å². The van der Waals surface area contributed by atoms with E-state index in [2.05, 4.69) is 20.9 Å². The van der Waals surface area contributed by atoms with Gasteiger partial charge in [0.25, 0.3) is 0 Å². The van der Waals surface area contributed by atoms with E-state index < -0.39 is 21.1 Å². The van der Waals surface area contributed by atoms with Gasteiger partial charge in [-0.3, -0.25) is 10.6 Å². The van der Waals surface area contributed by atoms with Crippen LogP contribution in [0, 0.1) is 6.92 Å². The molecule has 0 unspecified atom stereocenters. The minimum Gasteiger partial charge on any atom is -0.411 e. The molecule has 164 valence electrons. The molecule has 0 aromatic heterocycles. The van der Waals surface area contributed by atoms with Crippen molar-refractivity contribution in [2.45, 2.75) is 64.4 Å². The highest BCUT2D eigenvalue weighted by Gasteiger charge is 2.31. The monoisotopic (exact) mass is 427 g/mol. The number of hydrogen-bond donors (Lipinski definition) is 4. The van der Waals surface area contributed by atoms with Crippen molar-refractivity contribution in [2.75, 3.05) is 13.3 Å². The van der Waals surface area contributed by atoms with Gasteiger partial charge >= 0.3 is 0 Å². The van der Waals surface area contributed by atoms with E-state index in [0.717, 1.165) is 5.56 Å². The number of rotatable bonds is 10. The second-order valence-corrected chi connectivity index (χ2v) is 10.00. The van der Waals surface area contributed by atoms with Crippen molar-refractivity contribution >= 4 is 21.4 Å². The Kier molecular flexibility index (Phi) is 8.34. The second kappa shape index (κ2) is 9.66. The quantitative estimate of drug-likeness (QED) is 0.196. The molecule has 1 rings (SSSR count). The number of nitrogens with one attached hydrogen (secondary N) is 2. The van der Waals surface area contributed by atoms with E-state index in [4.69, 9.17) is 10.4 Å². The summed E-state index contributed by atoms with van der Waals surface area (Å²) in [5.74, 6) is 0. The van der Waals surface area contributed by atoms with Crippen LogP contribution in [-0.4, -0.2) is 59.0 Å². The van der Waals surface area contributed by atoms with Gasteiger partial charge in [-0.2, -0.15) is 4.31 Å². The van der Waals surface area contributed by atoms with Gasteiger partial charge in [-0.1, -0.05) is 28.0 Å². The molecule has 0 saturated heterocycles. The van der Waals surface area contributed by atoms with Crippen LogP contribution in [0.25, 0.3) is 0 Å². The Balaban J connectivity index is 3.18. The van der Waals surface area contributed by atoms with Crippen LogP contribution in [0.4, 0.5) is 0 Å². The lowest BCUT2D eigenvalue weighted by Crippen LogP contribution is -2.56. The average molecular weight is 428 g/mol. The van der Waals surface area contributed by atoms with Crippen LogP contribution in [0.2, 0.25) is 0 Å². The lowest BCUT2D eigenvalue weighted by molar-refractivity contribution is 0.285. The van der Waals surface area contributed by atoms with Gasteiger partial charge in [0.2, 0.25) is 10.0 Å². The summed E-state index contributed by atoms with van der Waals surface area (Å²) in [5.41, 5.74) is 0.337. The average Bonchev–Trinajstić information content (AvgIpc) is 2.66. The Labute approximate surface area is 173 Å². The minimum atomic E-state index is -3.82. The molecule has 0 heterocycles. The van der Waals surface area contributed by atoms with Gasteiger partial charge in [0, 0.05) is 0 Å². The first-order chi connectivity index (χ1) is 13.3. The minimum absolute atomic E-state index is 0.0333. The third kappa shape index (κ3) is 6.49. The van der Waals surface area contributed by atoms with E-state index in [1.165, 1.54) is 4.31 Å². The Morgan fingerprint density at radius 1 is 0.931 bits per heavy atom. The topological polar surface area (TPSA) is 127 Å². The summed E-state index contributed by atoms with van der Waals surface area (Å²) >= 11 is 0. The molecular formula is C19H33N5O4S. The van der Waals surface area contributed by atoms with Crippen molar-refractivity contribution in [3.8, 4) is 0 Å². The molecule has 4 N–H and O–H groups in total. The SMILES string of the molecule is C/C(=N\O)C(C)(C)NCN(CNC(C)(C)/C(C)=N/O)S(=O)(=O)c1ccc(C)cc1. The third-order valence-corrected chi connectivity index (χ3v) is 6.97. The van der Waals surface area contributed by atoms with E-state index in [1.54, 1.807) is 65.8 Å². The number of aryl methyl sites for hydroxylation is 1. The van der Waals surface area contributed by atoms with Gasteiger partial charge < -0.3 is 10.4 Å². The van der Waals surface area contributed by atoms with E-state index >= 15 is 0 Å². The fourth-order valence-electron chi connectivity index (χ4n) is 2.16. The molecule has 10 heteroatoms. The maximum atomic E-state index is 13.2. The van der Waals surface area contributed by atoms with Gasteiger partial charge in [-0.15, -0.1) is 0 Å². The van der Waals surface area contributed by atoms with Crippen molar-refractivity contribution in [1.29, 1.82) is 0 Å². The van der Waals surface area contributed by atoms with E-state index in [-0.39, 0.29) is 18.2 Å². The lowest BCUT2D eigenvalue weighted by Gasteiger charge is -2.33. The van der Waals surface area contributed by atoms with Crippen molar-refractivity contribution in [3.05, 3.63) is 29.8 Å². The zero-order chi connectivity index (χ0) is 22.5. The van der Waals surface area contributed by atoms with Crippen molar-refractivity contribution < 1.29 is 18.8 Å². The summed E-state index contributed by atoms with van der Waals surface area (Å²) < 4.78 is 27.7. The Morgan fingerprint density at radius 2 is 1.31 bits per heavy atom. The predicted octanol–water partition coefficient (Wildman–Crippen LogP) is 2.34. The number of sulfonamides is 1. The van der Waals surface area contributed by atoms with Gasteiger partial charge in [-0.25, -0.2) is 8.42 Å². The Hall–Kier alpha value is -2.01. The maximum Gasteiger partial charge on any atom is 0.245 e. The smallest absolute Gasteiger partial charge is 0.245 e. The van der Waals surface area contributed by atoms with E-state index in [1.807, 2.05) is 6.92 Å². The Bertz CT molecular complexity index is 812. The van der Waals surface area contributed by atoms with Crippen molar-refractivity contribution in [3.63, 3.8) is 0 Å². The standard InChI is InChI=1S/C19H33N5O4S/c1-14-8-10-17(11-9-14)29(27,28)24(12-20-18(4,5)15(2)22-25)13-21-19(6,7)16(3)23-26/h8-11,20-21,25-26H,12-13H2,1-7H3/b22-15+,23-16+. The molecular weight excluding hydrogens is 394 g/mol. The second-order valence-electron chi connectivity index (χ2n) is 8.06. The first-order valence-electron chi connectivity index (χ1n) is 9.23. The maximum absolute atomic E-state index is 13.2. The summed E-state index contributed by atoms with van der Waals surface area (Å²) in [6.07, 6.45) is 0. The molecule has 1 aromatic carbocycles. The fraction of sp³-hybridized carbons (Fsp3) is 0.579. The Morgan fingerprint density at radius 3 is 1.66 bits per heavy atom. The molecule has 0 bridgehead atoms. The third-order valence-electron chi connectivity index (χ3n) is 5.16. The fourth-order valence-corrected chi connectivity index (χ4v) is 3.41. The van der Waals surface area contributed by atoms with Crippen molar-refractivity contribution in [1.82, 2.24) is 14.9 Å². The zero-order valence-corrected chi connectivity index (χ0v) is 19.0. The first-order valence-corrected chi connectivity index (χ1v) is 10.7. The number of hydrogen-bond acceptors (Lipinski definition) is 8. The molecule has 0 atom stereocenters. The van der Waals surface area contributed by atoms with Crippen LogP contribution in [0.3, 0.4) is 0 Å². The van der Waals surface area contributed by atoms with Crippen LogP contribution in [0.5, 0.6) is 0 Å². The summed E-state index contributed by atoms with van der Waals surface area (Å²) in [7, 11) is -3.82. The van der Waals surface area contributed by atoms with Crippen LogP contribution >= 0.6 is 0 Å². The molecule has 0 aliphatic heterocycles. The first kappa shape index (κ1) is 25.0. The van der Waals surface area contributed by atoms with Crippen LogP contribution in [0.15, 0.2) is 39.5 Å². The van der Waals surface area contributed by atoms with Gasteiger partial charge in [0.05, 0.1) is 40.7 Å². The normalized spacial score (nSPS) is 14.5. The van der Waals surface area contributed by atoms with Crippen LogP contribution in [0.1, 0.15) is 47.1 Å². The van der Waals surface area contributed by atoms with Crippen LogP contribution < -0.4 is 10.6 Å². The molecule has 0 saturated carbocycles. The number of benzene rings is 1. The molecule has 9 nitrogen and oxygen atoms in total. The van der Waals surface area contributed by atoms with Gasteiger partial charge in [0.1, 0.15) is 0 Å².